The van der Waals surface area contributed by atoms with E-state index >= 15 is 0 Å². The average molecular weight is 265 g/mol. The van der Waals surface area contributed by atoms with Gasteiger partial charge in [0.05, 0.1) is 11.0 Å². The minimum atomic E-state index is 1.01. The van der Waals surface area contributed by atoms with Crippen LogP contribution in [0.4, 0.5) is 5.69 Å². The first-order valence-electron chi connectivity index (χ1n) is 6.96. The van der Waals surface area contributed by atoms with Crippen LogP contribution in [-0.2, 0) is 13.5 Å². The molecule has 0 saturated heterocycles. The van der Waals surface area contributed by atoms with Crippen LogP contribution in [-0.4, -0.2) is 16.6 Å². The first-order valence-corrected chi connectivity index (χ1v) is 6.96. The van der Waals surface area contributed by atoms with Crippen LogP contribution in [0.15, 0.2) is 42.5 Å². The summed E-state index contributed by atoms with van der Waals surface area (Å²) in [5.74, 6) is 1.01. The van der Waals surface area contributed by atoms with E-state index in [0.717, 1.165) is 29.0 Å². The number of hydrogen-bond acceptors (Lipinski definition) is 2. The number of nitrogens with zero attached hydrogens (tertiary/aromatic N) is 2. The lowest BCUT2D eigenvalue weighted by atomic mass is 10.1. The summed E-state index contributed by atoms with van der Waals surface area (Å²) < 4.78 is 2.16. The Morgan fingerprint density at radius 3 is 2.50 bits per heavy atom. The van der Waals surface area contributed by atoms with Gasteiger partial charge in [0, 0.05) is 25.3 Å². The molecule has 0 radical (unpaired) electrons. The Labute approximate surface area is 119 Å². The Balaban J connectivity index is 2.12. The quantitative estimate of drug-likeness (QED) is 0.779. The molecule has 20 heavy (non-hydrogen) atoms. The summed E-state index contributed by atoms with van der Waals surface area (Å²) in [6, 6.07) is 14.9. The van der Waals surface area contributed by atoms with E-state index in [2.05, 4.69) is 66.3 Å². The zero-order valence-corrected chi connectivity index (χ0v) is 12.1. The van der Waals surface area contributed by atoms with Gasteiger partial charge < -0.3 is 9.88 Å². The number of nitrogens with one attached hydrogen (secondary N) is 1. The Kier molecular flexibility index (Phi) is 3.18. The number of anilines is 1. The van der Waals surface area contributed by atoms with Crippen molar-refractivity contribution in [1.29, 1.82) is 0 Å². The lowest BCUT2D eigenvalue weighted by Crippen LogP contribution is -1.93. The molecule has 3 rings (SSSR count). The van der Waals surface area contributed by atoms with Gasteiger partial charge in [0.25, 0.3) is 0 Å². The van der Waals surface area contributed by atoms with E-state index in [1.807, 2.05) is 7.05 Å². The van der Waals surface area contributed by atoms with Crippen molar-refractivity contribution in [1.82, 2.24) is 9.55 Å². The number of rotatable bonds is 3. The van der Waals surface area contributed by atoms with E-state index in [1.54, 1.807) is 0 Å². The van der Waals surface area contributed by atoms with Crippen molar-refractivity contribution in [2.75, 3.05) is 12.4 Å². The number of imidazole rings is 1. The van der Waals surface area contributed by atoms with Gasteiger partial charge in [-0.15, -0.1) is 0 Å². The minimum Gasteiger partial charge on any atom is -0.388 e. The molecule has 2 aromatic carbocycles. The molecule has 3 nitrogen and oxygen atoms in total. The molecule has 1 heterocycles. The molecule has 102 valence electrons. The predicted octanol–water partition coefficient (Wildman–Crippen LogP) is 3.84. The van der Waals surface area contributed by atoms with Crippen LogP contribution < -0.4 is 5.32 Å². The fourth-order valence-electron chi connectivity index (χ4n) is 2.51. The largest absolute Gasteiger partial charge is 0.388 e. The second-order valence-electron chi connectivity index (χ2n) is 5.00. The Morgan fingerprint density at radius 1 is 1.10 bits per heavy atom. The summed E-state index contributed by atoms with van der Waals surface area (Å²) >= 11 is 0. The summed E-state index contributed by atoms with van der Waals surface area (Å²) in [6.45, 7) is 2.17. The Hall–Kier alpha value is -2.29. The normalized spacial score (nSPS) is 10.9. The number of hydrogen-bond donors (Lipinski definition) is 1. The fraction of sp³-hybridized carbons (Fsp3) is 0.235. The molecule has 1 aromatic heterocycles. The average Bonchev–Trinajstić information content (AvgIpc) is 2.84. The van der Waals surface area contributed by atoms with Crippen molar-refractivity contribution >= 4 is 16.7 Å². The van der Waals surface area contributed by atoms with Crippen molar-refractivity contribution < 1.29 is 0 Å². The second-order valence-corrected chi connectivity index (χ2v) is 5.00. The molecule has 0 spiro atoms. The van der Waals surface area contributed by atoms with Gasteiger partial charge >= 0.3 is 0 Å². The summed E-state index contributed by atoms with van der Waals surface area (Å²) in [7, 11) is 4.00. The second kappa shape index (κ2) is 5.00. The van der Waals surface area contributed by atoms with Gasteiger partial charge in [-0.3, -0.25) is 0 Å². The van der Waals surface area contributed by atoms with E-state index in [0.29, 0.717) is 0 Å². The van der Waals surface area contributed by atoms with Gasteiger partial charge in [-0.2, -0.15) is 0 Å². The molecule has 0 aliphatic heterocycles. The molecular formula is C17H19N3. The number of aryl methyl sites for hydroxylation is 2. The van der Waals surface area contributed by atoms with Crippen molar-refractivity contribution in [3.8, 4) is 11.4 Å². The lowest BCUT2D eigenvalue weighted by molar-refractivity contribution is 0.959. The molecule has 0 bridgehead atoms. The number of benzene rings is 2. The Morgan fingerprint density at radius 2 is 1.85 bits per heavy atom. The highest BCUT2D eigenvalue weighted by Crippen LogP contribution is 2.25. The van der Waals surface area contributed by atoms with Crippen LogP contribution >= 0.6 is 0 Å². The van der Waals surface area contributed by atoms with Crippen LogP contribution in [0.3, 0.4) is 0 Å². The van der Waals surface area contributed by atoms with Crippen molar-refractivity contribution in [3.63, 3.8) is 0 Å². The maximum Gasteiger partial charge on any atom is 0.140 e. The maximum absolute atomic E-state index is 4.79. The molecule has 3 heteroatoms. The van der Waals surface area contributed by atoms with Crippen LogP contribution in [0.1, 0.15) is 12.5 Å². The molecule has 0 amide bonds. The van der Waals surface area contributed by atoms with Crippen LogP contribution in [0, 0.1) is 0 Å². The molecule has 0 fully saturated rings. The van der Waals surface area contributed by atoms with Gasteiger partial charge in [0.15, 0.2) is 0 Å². The van der Waals surface area contributed by atoms with Gasteiger partial charge in [-0.1, -0.05) is 13.0 Å². The zero-order chi connectivity index (χ0) is 14.1. The summed E-state index contributed by atoms with van der Waals surface area (Å²) in [4.78, 5) is 4.79. The molecule has 0 unspecified atom stereocenters. The van der Waals surface area contributed by atoms with Crippen molar-refractivity contribution in [3.05, 3.63) is 48.0 Å². The third-order valence-corrected chi connectivity index (χ3v) is 3.79. The van der Waals surface area contributed by atoms with E-state index < -0.39 is 0 Å². The molecular weight excluding hydrogens is 246 g/mol. The summed E-state index contributed by atoms with van der Waals surface area (Å²) in [5.41, 5.74) is 5.82. The van der Waals surface area contributed by atoms with E-state index in [4.69, 9.17) is 4.98 Å². The van der Waals surface area contributed by atoms with Gasteiger partial charge in [-0.25, -0.2) is 4.98 Å². The highest BCUT2D eigenvalue weighted by atomic mass is 15.1. The first-order chi connectivity index (χ1) is 9.72. The summed E-state index contributed by atoms with van der Waals surface area (Å²) in [6.07, 6.45) is 1.04. The third kappa shape index (κ3) is 2.05. The summed E-state index contributed by atoms with van der Waals surface area (Å²) in [5, 5.41) is 3.13. The number of aromatic nitrogens is 2. The predicted molar refractivity (Wildman–Crippen MR) is 85.1 cm³/mol. The molecule has 0 saturated carbocycles. The van der Waals surface area contributed by atoms with Crippen LogP contribution in [0.5, 0.6) is 0 Å². The van der Waals surface area contributed by atoms with Crippen LogP contribution in [0.25, 0.3) is 22.4 Å². The topological polar surface area (TPSA) is 29.9 Å². The Bertz CT molecular complexity index is 739. The van der Waals surface area contributed by atoms with Crippen molar-refractivity contribution in [2.24, 2.45) is 7.05 Å². The van der Waals surface area contributed by atoms with Gasteiger partial charge in [0.1, 0.15) is 5.82 Å². The minimum absolute atomic E-state index is 1.01. The first kappa shape index (κ1) is 12.7. The van der Waals surface area contributed by atoms with Gasteiger partial charge in [-0.05, 0) is 48.4 Å². The maximum atomic E-state index is 4.79. The molecule has 3 aromatic rings. The highest BCUT2D eigenvalue weighted by molar-refractivity contribution is 5.81. The van der Waals surface area contributed by atoms with E-state index in [9.17, 15) is 0 Å². The van der Waals surface area contributed by atoms with Gasteiger partial charge in [0.2, 0.25) is 0 Å². The van der Waals surface area contributed by atoms with Crippen molar-refractivity contribution in [2.45, 2.75) is 13.3 Å². The standard InChI is InChI=1S/C17H19N3/c1-4-12-5-10-16-15(11-12)19-17(20(16)3)13-6-8-14(18-2)9-7-13/h5-11,18H,4H2,1-3H3. The van der Waals surface area contributed by atoms with E-state index in [-0.39, 0.29) is 0 Å². The fourth-order valence-corrected chi connectivity index (χ4v) is 2.51. The van der Waals surface area contributed by atoms with E-state index in [1.165, 1.54) is 11.1 Å². The zero-order valence-electron chi connectivity index (χ0n) is 12.1. The highest BCUT2D eigenvalue weighted by Gasteiger charge is 2.09. The molecule has 0 aliphatic rings. The SMILES string of the molecule is CCc1ccc2c(c1)nc(-c1ccc(NC)cc1)n2C. The number of fused-ring (bicyclic) bond motifs is 1. The van der Waals surface area contributed by atoms with Crippen LogP contribution in [0.2, 0.25) is 0 Å². The molecule has 0 aliphatic carbocycles. The monoisotopic (exact) mass is 265 g/mol. The molecule has 1 N–H and O–H groups in total. The lowest BCUT2D eigenvalue weighted by Gasteiger charge is -2.04. The third-order valence-electron chi connectivity index (χ3n) is 3.79. The molecule has 0 atom stereocenters. The smallest absolute Gasteiger partial charge is 0.140 e.